The molecule has 0 bridgehead atoms. The van der Waals surface area contributed by atoms with E-state index in [-0.39, 0.29) is 11.9 Å². The molecule has 0 fully saturated rings. The number of nitrogens with two attached hydrogens (primary N) is 1. The van der Waals surface area contributed by atoms with Crippen LogP contribution in [0.2, 0.25) is 0 Å². The van der Waals surface area contributed by atoms with Crippen molar-refractivity contribution < 1.29 is 4.79 Å². The molecule has 3 N–H and O–H groups in total. The van der Waals surface area contributed by atoms with E-state index in [2.05, 4.69) is 43.3 Å². The molecule has 0 spiro atoms. The van der Waals surface area contributed by atoms with Gasteiger partial charge < -0.3 is 10.3 Å². The van der Waals surface area contributed by atoms with Gasteiger partial charge in [0, 0.05) is 12.6 Å². The van der Waals surface area contributed by atoms with Crippen LogP contribution < -0.4 is 11.3 Å². The van der Waals surface area contributed by atoms with E-state index in [9.17, 15) is 4.79 Å². The van der Waals surface area contributed by atoms with E-state index in [1.807, 2.05) is 4.90 Å². The van der Waals surface area contributed by atoms with Gasteiger partial charge in [0.1, 0.15) is 0 Å². The van der Waals surface area contributed by atoms with Gasteiger partial charge in [0.2, 0.25) is 0 Å². The zero-order valence-corrected chi connectivity index (χ0v) is 12.8. The van der Waals surface area contributed by atoms with Gasteiger partial charge in [0.25, 0.3) is 5.91 Å². The third-order valence-corrected chi connectivity index (χ3v) is 3.24. The summed E-state index contributed by atoms with van der Waals surface area (Å²) in [6, 6.07) is 3.54. The minimum Gasteiger partial charge on any atom is -0.334 e. The first kappa shape index (κ1) is 16.4. The monoisotopic (exact) mass is 279 g/mol. The first-order valence-electron chi connectivity index (χ1n) is 7.14. The number of rotatable bonds is 7. The molecule has 0 unspecified atom stereocenters. The standard InChI is InChI=1S/C14H25N5O/c1-5-11(6-2)19(9-10(3)4)14(20)12-7-8-13(16-15)18-17-12/h7-8,10-11H,5-6,9,15H2,1-4H3,(H,16,18). The zero-order chi connectivity index (χ0) is 15.1. The summed E-state index contributed by atoms with van der Waals surface area (Å²) in [6.45, 7) is 9.14. The van der Waals surface area contributed by atoms with Crippen LogP contribution in [0.1, 0.15) is 51.0 Å². The summed E-state index contributed by atoms with van der Waals surface area (Å²) in [5.41, 5.74) is 2.76. The average Bonchev–Trinajstić information content (AvgIpc) is 2.46. The largest absolute Gasteiger partial charge is 0.334 e. The molecule has 0 aromatic carbocycles. The van der Waals surface area contributed by atoms with Gasteiger partial charge in [0.15, 0.2) is 11.5 Å². The smallest absolute Gasteiger partial charge is 0.274 e. The number of aromatic nitrogens is 2. The molecule has 0 saturated heterocycles. The molecule has 1 rings (SSSR count). The van der Waals surface area contributed by atoms with E-state index in [0.717, 1.165) is 19.4 Å². The Kier molecular flexibility index (Phi) is 6.38. The summed E-state index contributed by atoms with van der Waals surface area (Å²) in [7, 11) is 0. The molecule has 0 aliphatic rings. The van der Waals surface area contributed by atoms with Crippen LogP contribution in [0, 0.1) is 5.92 Å². The Bertz CT molecular complexity index is 414. The molecular weight excluding hydrogens is 254 g/mol. The van der Waals surface area contributed by atoms with Crippen molar-refractivity contribution >= 4 is 11.7 Å². The fourth-order valence-electron chi connectivity index (χ4n) is 2.19. The molecule has 112 valence electrons. The predicted octanol–water partition coefficient (Wildman–Crippen LogP) is 2.05. The number of hydrazine groups is 1. The van der Waals surface area contributed by atoms with Gasteiger partial charge in [-0.1, -0.05) is 27.7 Å². The predicted molar refractivity (Wildman–Crippen MR) is 80.1 cm³/mol. The Morgan fingerprint density at radius 3 is 2.35 bits per heavy atom. The number of nitrogen functional groups attached to an aromatic ring is 1. The highest BCUT2D eigenvalue weighted by molar-refractivity contribution is 5.92. The average molecular weight is 279 g/mol. The van der Waals surface area contributed by atoms with Gasteiger partial charge in [-0.2, -0.15) is 0 Å². The maximum Gasteiger partial charge on any atom is 0.274 e. The van der Waals surface area contributed by atoms with Crippen molar-refractivity contribution in [3.05, 3.63) is 17.8 Å². The topological polar surface area (TPSA) is 84.1 Å². The number of hydrogen-bond acceptors (Lipinski definition) is 5. The molecule has 20 heavy (non-hydrogen) atoms. The second-order valence-electron chi connectivity index (χ2n) is 5.27. The van der Waals surface area contributed by atoms with Crippen LogP contribution in [-0.2, 0) is 0 Å². The lowest BCUT2D eigenvalue weighted by molar-refractivity contribution is 0.0633. The molecule has 0 atom stereocenters. The van der Waals surface area contributed by atoms with Crippen LogP contribution in [0.25, 0.3) is 0 Å². The summed E-state index contributed by atoms with van der Waals surface area (Å²) < 4.78 is 0. The molecule has 1 heterocycles. The second-order valence-corrected chi connectivity index (χ2v) is 5.27. The van der Waals surface area contributed by atoms with Gasteiger partial charge in [-0.25, -0.2) is 5.84 Å². The van der Waals surface area contributed by atoms with Crippen molar-refractivity contribution in [2.75, 3.05) is 12.0 Å². The van der Waals surface area contributed by atoms with Gasteiger partial charge >= 0.3 is 0 Å². The van der Waals surface area contributed by atoms with Crippen molar-refractivity contribution in [3.8, 4) is 0 Å². The van der Waals surface area contributed by atoms with Crippen LogP contribution in [-0.4, -0.2) is 33.6 Å². The SMILES string of the molecule is CCC(CC)N(CC(C)C)C(=O)c1ccc(NN)nn1. The lowest BCUT2D eigenvalue weighted by Crippen LogP contribution is -2.42. The Hall–Kier alpha value is -1.69. The number of hydrogen-bond donors (Lipinski definition) is 2. The van der Waals surface area contributed by atoms with Gasteiger partial charge in [-0.3, -0.25) is 4.79 Å². The quantitative estimate of drug-likeness (QED) is 0.589. The summed E-state index contributed by atoms with van der Waals surface area (Å²) in [4.78, 5) is 14.5. The summed E-state index contributed by atoms with van der Waals surface area (Å²) in [5, 5.41) is 7.80. The molecule has 0 radical (unpaired) electrons. The minimum atomic E-state index is -0.0662. The molecule has 1 aromatic heterocycles. The highest BCUT2D eigenvalue weighted by Gasteiger charge is 2.24. The van der Waals surface area contributed by atoms with Crippen LogP contribution in [0.3, 0.4) is 0 Å². The van der Waals surface area contributed by atoms with Gasteiger partial charge in [0.05, 0.1) is 0 Å². The Morgan fingerprint density at radius 1 is 1.30 bits per heavy atom. The first-order chi connectivity index (χ1) is 9.53. The Morgan fingerprint density at radius 2 is 1.95 bits per heavy atom. The molecule has 0 aliphatic carbocycles. The number of anilines is 1. The van der Waals surface area contributed by atoms with Crippen molar-refractivity contribution in [2.24, 2.45) is 11.8 Å². The third kappa shape index (κ3) is 4.16. The van der Waals surface area contributed by atoms with Crippen molar-refractivity contribution in [2.45, 2.75) is 46.6 Å². The summed E-state index contributed by atoms with van der Waals surface area (Å²) >= 11 is 0. The van der Waals surface area contributed by atoms with Crippen molar-refractivity contribution in [1.82, 2.24) is 15.1 Å². The third-order valence-electron chi connectivity index (χ3n) is 3.24. The number of nitrogens with one attached hydrogen (secondary N) is 1. The van der Waals surface area contributed by atoms with Crippen LogP contribution in [0.15, 0.2) is 12.1 Å². The summed E-state index contributed by atoms with van der Waals surface area (Å²) in [6.07, 6.45) is 1.87. The van der Waals surface area contributed by atoms with E-state index in [1.165, 1.54) is 0 Å². The number of amides is 1. The fraction of sp³-hybridized carbons (Fsp3) is 0.643. The Balaban J connectivity index is 2.95. The first-order valence-corrected chi connectivity index (χ1v) is 7.14. The maximum absolute atomic E-state index is 12.6. The molecule has 6 nitrogen and oxygen atoms in total. The van der Waals surface area contributed by atoms with E-state index >= 15 is 0 Å². The van der Waals surface area contributed by atoms with Crippen LogP contribution >= 0.6 is 0 Å². The molecule has 6 heteroatoms. The minimum absolute atomic E-state index is 0.0662. The molecular formula is C14H25N5O. The Labute approximate surface area is 120 Å². The second kappa shape index (κ2) is 7.79. The van der Waals surface area contributed by atoms with E-state index < -0.39 is 0 Å². The molecule has 1 amide bonds. The maximum atomic E-state index is 12.6. The molecule has 0 saturated carbocycles. The lowest BCUT2D eigenvalue weighted by atomic mass is 10.1. The number of carbonyl (C=O) groups excluding carboxylic acids is 1. The number of carbonyl (C=O) groups is 1. The zero-order valence-electron chi connectivity index (χ0n) is 12.8. The highest BCUT2D eigenvalue weighted by Crippen LogP contribution is 2.15. The molecule has 1 aromatic rings. The lowest BCUT2D eigenvalue weighted by Gasteiger charge is -2.31. The van der Waals surface area contributed by atoms with E-state index in [4.69, 9.17) is 5.84 Å². The van der Waals surface area contributed by atoms with E-state index in [1.54, 1.807) is 12.1 Å². The van der Waals surface area contributed by atoms with Crippen molar-refractivity contribution in [1.29, 1.82) is 0 Å². The molecule has 0 aliphatic heterocycles. The van der Waals surface area contributed by atoms with Crippen LogP contribution in [0.4, 0.5) is 5.82 Å². The van der Waals surface area contributed by atoms with E-state index in [0.29, 0.717) is 17.4 Å². The van der Waals surface area contributed by atoms with Gasteiger partial charge in [-0.15, -0.1) is 10.2 Å². The fourth-order valence-corrected chi connectivity index (χ4v) is 2.19. The number of nitrogens with zero attached hydrogens (tertiary/aromatic N) is 3. The van der Waals surface area contributed by atoms with Crippen molar-refractivity contribution in [3.63, 3.8) is 0 Å². The summed E-state index contributed by atoms with van der Waals surface area (Å²) in [5.74, 6) is 6.04. The highest BCUT2D eigenvalue weighted by atomic mass is 16.2. The van der Waals surface area contributed by atoms with Crippen LogP contribution in [0.5, 0.6) is 0 Å². The van der Waals surface area contributed by atoms with Gasteiger partial charge in [-0.05, 0) is 30.9 Å². The normalized spacial score (nSPS) is 10.9.